The minimum atomic E-state index is -0.267. The van der Waals surface area contributed by atoms with Gasteiger partial charge in [-0.1, -0.05) is 17.7 Å². The maximum absolute atomic E-state index is 12.2. The van der Waals surface area contributed by atoms with Gasteiger partial charge in [0.15, 0.2) is 5.78 Å². The largest absolute Gasteiger partial charge is 0.466 e. The lowest BCUT2D eigenvalue weighted by Gasteiger charge is -2.10. The first kappa shape index (κ1) is 15.4. The number of hydrogen-bond acceptors (Lipinski definition) is 3. The molecule has 3 heteroatoms. The lowest BCUT2D eigenvalue weighted by atomic mass is 9.94. The number of ether oxygens (including phenoxy) is 1. The number of ketones is 1. The van der Waals surface area contributed by atoms with Gasteiger partial charge in [-0.2, -0.15) is 0 Å². The van der Waals surface area contributed by atoms with Crippen molar-refractivity contribution >= 4 is 11.8 Å². The summed E-state index contributed by atoms with van der Waals surface area (Å²) in [6.07, 6.45) is 1.99. The number of carbonyl (C=O) groups excluding carboxylic acids is 2. The fourth-order valence-corrected chi connectivity index (χ4v) is 2.35. The highest BCUT2D eigenvalue weighted by molar-refractivity contribution is 5.98. The summed E-state index contributed by atoms with van der Waals surface area (Å²) in [4.78, 5) is 22.8. The number of rotatable bonds is 6. The summed E-state index contributed by atoms with van der Waals surface area (Å²) >= 11 is 0. The highest BCUT2D eigenvalue weighted by Crippen LogP contribution is 2.19. The molecule has 0 spiro atoms. The van der Waals surface area contributed by atoms with Gasteiger partial charge in [-0.05, 0) is 44.7 Å². The van der Waals surface area contributed by atoms with Crippen molar-refractivity contribution in [3.05, 3.63) is 34.4 Å². The molecule has 104 valence electrons. The van der Waals surface area contributed by atoms with E-state index >= 15 is 0 Å². The minimum absolute atomic E-state index is 0.179. The number of unbranched alkanes of at least 4 members (excludes halogenated alkanes) is 1. The maximum atomic E-state index is 12.2. The smallest absolute Gasteiger partial charge is 0.302 e. The molecule has 0 atom stereocenters. The number of benzene rings is 1. The monoisotopic (exact) mass is 262 g/mol. The van der Waals surface area contributed by atoms with Crippen LogP contribution in [0.3, 0.4) is 0 Å². The normalized spacial score (nSPS) is 10.3. The number of aryl methyl sites for hydroxylation is 3. The number of Topliss-reactive ketones (excluding diaryl/α,β-unsaturated/α-hetero) is 1. The second-order valence-corrected chi connectivity index (χ2v) is 4.99. The fraction of sp³-hybridized carbons (Fsp3) is 0.500. The lowest BCUT2D eigenvalue weighted by Crippen LogP contribution is -2.06. The van der Waals surface area contributed by atoms with E-state index in [4.69, 9.17) is 4.74 Å². The van der Waals surface area contributed by atoms with Gasteiger partial charge in [-0.3, -0.25) is 9.59 Å². The van der Waals surface area contributed by atoms with E-state index in [9.17, 15) is 9.59 Å². The van der Waals surface area contributed by atoms with Crippen molar-refractivity contribution in [3.63, 3.8) is 0 Å². The first-order valence-corrected chi connectivity index (χ1v) is 6.66. The first-order valence-electron chi connectivity index (χ1n) is 6.66. The second-order valence-electron chi connectivity index (χ2n) is 4.99. The third kappa shape index (κ3) is 4.86. The Balaban J connectivity index is 2.52. The molecule has 0 bridgehead atoms. The van der Waals surface area contributed by atoms with Gasteiger partial charge in [0.2, 0.25) is 0 Å². The van der Waals surface area contributed by atoms with E-state index in [1.807, 2.05) is 32.9 Å². The van der Waals surface area contributed by atoms with E-state index in [0.29, 0.717) is 13.0 Å². The molecule has 1 rings (SSSR count). The summed E-state index contributed by atoms with van der Waals surface area (Å²) in [7, 11) is 0. The molecule has 1 aromatic rings. The van der Waals surface area contributed by atoms with Crippen LogP contribution in [0.5, 0.6) is 0 Å². The summed E-state index contributed by atoms with van der Waals surface area (Å²) in [6, 6.07) is 4.08. The molecule has 0 aliphatic rings. The molecule has 0 aliphatic carbocycles. The van der Waals surface area contributed by atoms with Crippen LogP contribution < -0.4 is 0 Å². The Labute approximate surface area is 115 Å². The van der Waals surface area contributed by atoms with Crippen LogP contribution in [0, 0.1) is 20.8 Å². The van der Waals surface area contributed by atoms with Crippen LogP contribution in [-0.4, -0.2) is 18.4 Å². The molecule has 0 aliphatic heterocycles. The molecule has 0 saturated carbocycles. The van der Waals surface area contributed by atoms with E-state index in [1.54, 1.807) is 0 Å². The van der Waals surface area contributed by atoms with Gasteiger partial charge < -0.3 is 4.74 Å². The zero-order chi connectivity index (χ0) is 14.4. The van der Waals surface area contributed by atoms with E-state index in [2.05, 4.69) is 0 Å². The quantitative estimate of drug-likeness (QED) is 0.447. The summed E-state index contributed by atoms with van der Waals surface area (Å²) in [6.45, 7) is 7.78. The molecule has 0 fully saturated rings. The van der Waals surface area contributed by atoms with Crippen molar-refractivity contribution in [2.75, 3.05) is 6.61 Å². The third-order valence-electron chi connectivity index (χ3n) is 3.06. The Morgan fingerprint density at radius 1 is 1.05 bits per heavy atom. The van der Waals surface area contributed by atoms with Crippen LogP contribution in [-0.2, 0) is 9.53 Å². The summed E-state index contributed by atoms with van der Waals surface area (Å²) in [5, 5.41) is 0. The van der Waals surface area contributed by atoms with Crippen LogP contribution in [0.2, 0.25) is 0 Å². The van der Waals surface area contributed by atoms with Gasteiger partial charge in [0.1, 0.15) is 0 Å². The van der Waals surface area contributed by atoms with E-state index in [0.717, 1.165) is 29.5 Å². The third-order valence-corrected chi connectivity index (χ3v) is 3.06. The molecule has 0 saturated heterocycles. The SMILES string of the molecule is CC(=O)OCCCCC(=O)c1c(C)cc(C)cc1C. The number of esters is 1. The number of hydrogen-bond donors (Lipinski definition) is 0. The average molecular weight is 262 g/mol. The van der Waals surface area contributed by atoms with Crippen molar-refractivity contribution in [2.24, 2.45) is 0 Å². The van der Waals surface area contributed by atoms with Crippen molar-refractivity contribution in [2.45, 2.75) is 47.0 Å². The highest BCUT2D eigenvalue weighted by atomic mass is 16.5. The van der Waals surface area contributed by atoms with Crippen LogP contribution >= 0.6 is 0 Å². The zero-order valence-electron chi connectivity index (χ0n) is 12.2. The second kappa shape index (κ2) is 7.07. The Kier molecular flexibility index (Phi) is 5.74. The molecule has 19 heavy (non-hydrogen) atoms. The molecule has 3 nitrogen and oxygen atoms in total. The summed E-state index contributed by atoms with van der Waals surface area (Å²) in [5.74, 6) is -0.0885. The Morgan fingerprint density at radius 2 is 1.63 bits per heavy atom. The zero-order valence-corrected chi connectivity index (χ0v) is 12.2. The Bertz CT molecular complexity index is 452. The van der Waals surface area contributed by atoms with Gasteiger partial charge in [-0.25, -0.2) is 0 Å². The van der Waals surface area contributed by atoms with Crippen LogP contribution in [0.25, 0.3) is 0 Å². The van der Waals surface area contributed by atoms with E-state index in [-0.39, 0.29) is 11.8 Å². The van der Waals surface area contributed by atoms with Crippen molar-refractivity contribution < 1.29 is 14.3 Å². The van der Waals surface area contributed by atoms with Gasteiger partial charge in [0.05, 0.1) is 6.61 Å². The molecule has 0 aromatic heterocycles. The Hall–Kier alpha value is -1.64. The van der Waals surface area contributed by atoms with Gasteiger partial charge in [0.25, 0.3) is 0 Å². The fourth-order valence-electron chi connectivity index (χ4n) is 2.35. The van der Waals surface area contributed by atoms with Crippen LogP contribution in [0.1, 0.15) is 53.2 Å². The predicted molar refractivity (Wildman–Crippen MR) is 75.5 cm³/mol. The molecule has 0 amide bonds. The van der Waals surface area contributed by atoms with Gasteiger partial charge >= 0.3 is 5.97 Å². The number of carbonyl (C=O) groups is 2. The van der Waals surface area contributed by atoms with Crippen molar-refractivity contribution in [3.8, 4) is 0 Å². The van der Waals surface area contributed by atoms with Gasteiger partial charge in [-0.15, -0.1) is 0 Å². The molecular weight excluding hydrogens is 240 g/mol. The van der Waals surface area contributed by atoms with Crippen molar-refractivity contribution in [1.82, 2.24) is 0 Å². The van der Waals surface area contributed by atoms with Crippen LogP contribution in [0.15, 0.2) is 12.1 Å². The van der Waals surface area contributed by atoms with E-state index in [1.165, 1.54) is 12.5 Å². The maximum Gasteiger partial charge on any atom is 0.302 e. The highest BCUT2D eigenvalue weighted by Gasteiger charge is 2.12. The first-order chi connectivity index (χ1) is 8.91. The van der Waals surface area contributed by atoms with Crippen LogP contribution in [0.4, 0.5) is 0 Å². The average Bonchev–Trinajstić information content (AvgIpc) is 2.26. The van der Waals surface area contributed by atoms with E-state index < -0.39 is 0 Å². The topological polar surface area (TPSA) is 43.4 Å². The summed E-state index contributed by atoms with van der Waals surface area (Å²) in [5.41, 5.74) is 4.12. The molecule has 0 N–H and O–H groups in total. The molecule has 0 heterocycles. The molecular formula is C16H22O3. The minimum Gasteiger partial charge on any atom is -0.466 e. The van der Waals surface area contributed by atoms with Crippen molar-refractivity contribution in [1.29, 1.82) is 0 Å². The molecule has 0 unspecified atom stereocenters. The molecule has 0 radical (unpaired) electrons. The molecule has 1 aromatic carbocycles. The Morgan fingerprint density at radius 3 is 2.16 bits per heavy atom. The standard InChI is InChI=1S/C16H22O3/c1-11-9-12(2)16(13(3)10-11)15(18)7-5-6-8-19-14(4)17/h9-10H,5-8H2,1-4H3. The lowest BCUT2D eigenvalue weighted by molar-refractivity contribution is -0.141. The van der Waals surface area contributed by atoms with Gasteiger partial charge in [0, 0.05) is 18.9 Å². The predicted octanol–water partition coefficient (Wildman–Crippen LogP) is 3.53. The summed E-state index contributed by atoms with van der Waals surface area (Å²) < 4.78 is 4.84.